The largest absolute Gasteiger partial charge is 0.477 e. The smallest absolute Gasteiger partial charge is 0.354 e. The molecule has 0 atom stereocenters. The van der Waals surface area contributed by atoms with Gasteiger partial charge in [-0.3, -0.25) is 0 Å². The molecule has 1 fully saturated rings. The highest BCUT2D eigenvalue weighted by atomic mass is 16.4. The Labute approximate surface area is 91.7 Å². The van der Waals surface area contributed by atoms with E-state index in [-0.39, 0.29) is 5.69 Å². The Balaban J connectivity index is 2.11. The summed E-state index contributed by atoms with van der Waals surface area (Å²) in [6.07, 6.45) is 4.83. The lowest BCUT2D eigenvalue weighted by atomic mass is 10.1. The second-order valence-corrected chi connectivity index (χ2v) is 4.23. The van der Waals surface area contributed by atoms with E-state index in [0.717, 1.165) is 17.9 Å². The molecule has 0 unspecified atom stereocenters. The fourth-order valence-corrected chi connectivity index (χ4v) is 1.90. The summed E-state index contributed by atoms with van der Waals surface area (Å²) >= 11 is 0. The SMILES string of the molecule is O=C(O)c1cc(CC2CC2)cc2ncnn12. The van der Waals surface area contributed by atoms with Crippen molar-refractivity contribution in [3.63, 3.8) is 0 Å². The van der Waals surface area contributed by atoms with Gasteiger partial charge in [-0.05, 0) is 42.9 Å². The van der Waals surface area contributed by atoms with E-state index >= 15 is 0 Å². The first kappa shape index (κ1) is 9.33. The Bertz CT molecular complexity index is 557. The van der Waals surface area contributed by atoms with Gasteiger partial charge in [-0.25, -0.2) is 14.3 Å². The van der Waals surface area contributed by atoms with Crippen LogP contribution >= 0.6 is 0 Å². The molecular weight excluding hydrogens is 206 g/mol. The third-order valence-corrected chi connectivity index (χ3v) is 2.88. The molecule has 0 spiro atoms. The van der Waals surface area contributed by atoms with E-state index in [1.165, 1.54) is 23.7 Å². The van der Waals surface area contributed by atoms with Crippen LogP contribution in [0.15, 0.2) is 18.5 Å². The average molecular weight is 217 g/mol. The zero-order chi connectivity index (χ0) is 11.1. The van der Waals surface area contributed by atoms with Crippen molar-refractivity contribution in [1.29, 1.82) is 0 Å². The molecule has 16 heavy (non-hydrogen) atoms. The molecule has 3 rings (SSSR count). The fraction of sp³-hybridized carbons (Fsp3) is 0.364. The predicted octanol–water partition coefficient (Wildman–Crippen LogP) is 1.38. The van der Waals surface area contributed by atoms with Crippen LogP contribution in [0.25, 0.3) is 5.65 Å². The van der Waals surface area contributed by atoms with Gasteiger partial charge in [0.25, 0.3) is 0 Å². The molecule has 82 valence electrons. The highest BCUT2D eigenvalue weighted by Crippen LogP contribution is 2.32. The number of fused-ring (bicyclic) bond motifs is 1. The molecule has 0 bridgehead atoms. The lowest BCUT2D eigenvalue weighted by Gasteiger charge is -2.03. The minimum absolute atomic E-state index is 0.186. The van der Waals surface area contributed by atoms with Gasteiger partial charge in [0.05, 0.1) is 0 Å². The van der Waals surface area contributed by atoms with Gasteiger partial charge in [-0.15, -0.1) is 0 Å². The van der Waals surface area contributed by atoms with Crippen molar-refractivity contribution in [2.75, 3.05) is 0 Å². The summed E-state index contributed by atoms with van der Waals surface area (Å²) < 4.78 is 1.36. The van der Waals surface area contributed by atoms with Crippen molar-refractivity contribution < 1.29 is 9.90 Å². The Kier molecular flexibility index (Phi) is 1.92. The van der Waals surface area contributed by atoms with Gasteiger partial charge in [0.1, 0.15) is 6.33 Å². The Morgan fingerprint density at radius 1 is 1.50 bits per heavy atom. The second-order valence-electron chi connectivity index (χ2n) is 4.23. The van der Waals surface area contributed by atoms with Crippen LogP contribution in [0.4, 0.5) is 0 Å². The number of hydrogen-bond acceptors (Lipinski definition) is 3. The van der Waals surface area contributed by atoms with Gasteiger partial charge in [-0.2, -0.15) is 5.10 Å². The maximum absolute atomic E-state index is 11.1. The molecular formula is C11H11N3O2. The molecule has 2 aromatic rings. The van der Waals surface area contributed by atoms with Gasteiger partial charge in [-0.1, -0.05) is 0 Å². The van der Waals surface area contributed by atoms with Crippen molar-refractivity contribution in [3.8, 4) is 0 Å². The van der Waals surface area contributed by atoms with Crippen LogP contribution in [0, 0.1) is 5.92 Å². The number of aromatic carboxylic acids is 1. The van der Waals surface area contributed by atoms with E-state index in [0.29, 0.717) is 5.65 Å². The minimum atomic E-state index is -0.965. The number of nitrogens with zero attached hydrogens (tertiary/aromatic N) is 3. The molecule has 5 nitrogen and oxygen atoms in total. The highest BCUT2D eigenvalue weighted by Gasteiger charge is 2.22. The number of pyridine rings is 1. The van der Waals surface area contributed by atoms with E-state index in [1.54, 1.807) is 6.07 Å². The highest BCUT2D eigenvalue weighted by molar-refractivity contribution is 5.86. The van der Waals surface area contributed by atoms with Crippen LogP contribution in [0.1, 0.15) is 28.9 Å². The molecule has 1 saturated carbocycles. The van der Waals surface area contributed by atoms with E-state index in [2.05, 4.69) is 10.1 Å². The van der Waals surface area contributed by atoms with Crippen LogP contribution in [-0.4, -0.2) is 25.7 Å². The zero-order valence-corrected chi connectivity index (χ0v) is 8.63. The third-order valence-electron chi connectivity index (χ3n) is 2.88. The van der Waals surface area contributed by atoms with E-state index in [9.17, 15) is 4.79 Å². The quantitative estimate of drug-likeness (QED) is 0.843. The molecule has 0 saturated heterocycles. The second kappa shape index (κ2) is 3.30. The van der Waals surface area contributed by atoms with Crippen LogP contribution in [0.2, 0.25) is 0 Å². The summed E-state index contributed by atoms with van der Waals surface area (Å²) in [4.78, 5) is 15.1. The molecule has 1 N–H and O–H groups in total. The monoisotopic (exact) mass is 217 g/mol. The van der Waals surface area contributed by atoms with Crippen LogP contribution in [0.3, 0.4) is 0 Å². The summed E-state index contributed by atoms with van der Waals surface area (Å²) in [6.45, 7) is 0. The van der Waals surface area contributed by atoms with Crippen molar-refractivity contribution in [2.45, 2.75) is 19.3 Å². The molecule has 2 heterocycles. The standard InChI is InChI=1S/C11H11N3O2/c15-11(16)9-4-8(3-7-1-2-7)5-10-12-6-13-14(9)10/h4-7H,1-3H2,(H,15,16). The molecule has 0 aromatic carbocycles. The zero-order valence-electron chi connectivity index (χ0n) is 8.63. The average Bonchev–Trinajstić information content (AvgIpc) is 2.93. The normalized spacial score (nSPS) is 15.5. The molecule has 1 aliphatic carbocycles. The van der Waals surface area contributed by atoms with Crippen molar-refractivity contribution in [3.05, 3.63) is 29.7 Å². The molecule has 2 aromatic heterocycles. The summed E-state index contributed by atoms with van der Waals surface area (Å²) in [5.41, 5.74) is 1.83. The van der Waals surface area contributed by atoms with Gasteiger partial charge in [0, 0.05) is 0 Å². The van der Waals surface area contributed by atoms with Gasteiger partial charge in [0.2, 0.25) is 0 Å². The van der Waals surface area contributed by atoms with Crippen LogP contribution in [0.5, 0.6) is 0 Å². The number of aromatic nitrogens is 3. The number of carboxylic acid groups (broad SMARTS) is 1. The Hall–Kier alpha value is -1.91. The molecule has 0 aliphatic heterocycles. The molecule has 0 amide bonds. The van der Waals surface area contributed by atoms with Crippen molar-refractivity contribution >= 4 is 11.6 Å². The molecule has 0 radical (unpaired) electrons. The van der Waals surface area contributed by atoms with Crippen molar-refractivity contribution in [2.24, 2.45) is 5.92 Å². The van der Waals surface area contributed by atoms with E-state index in [1.807, 2.05) is 6.07 Å². The predicted molar refractivity (Wildman–Crippen MR) is 56.4 cm³/mol. The Morgan fingerprint density at radius 2 is 2.31 bits per heavy atom. The van der Waals surface area contributed by atoms with E-state index in [4.69, 9.17) is 5.11 Å². The lowest BCUT2D eigenvalue weighted by molar-refractivity contribution is 0.0687. The summed E-state index contributed by atoms with van der Waals surface area (Å²) in [5, 5.41) is 13.0. The first-order chi connectivity index (χ1) is 7.74. The van der Waals surface area contributed by atoms with Gasteiger partial charge in [0.15, 0.2) is 11.3 Å². The van der Waals surface area contributed by atoms with Crippen LogP contribution < -0.4 is 0 Å². The fourth-order valence-electron chi connectivity index (χ4n) is 1.90. The number of hydrogen-bond donors (Lipinski definition) is 1. The summed E-state index contributed by atoms with van der Waals surface area (Å²) in [6, 6.07) is 3.61. The lowest BCUT2D eigenvalue weighted by Crippen LogP contribution is -2.07. The Morgan fingerprint density at radius 3 is 3.00 bits per heavy atom. The van der Waals surface area contributed by atoms with Crippen molar-refractivity contribution in [1.82, 2.24) is 14.6 Å². The minimum Gasteiger partial charge on any atom is -0.477 e. The number of carbonyl (C=O) groups is 1. The molecule has 5 heteroatoms. The first-order valence-electron chi connectivity index (χ1n) is 5.30. The van der Waals surface area contributed by atoms with Gasteiger partial charge >= 0.3 is 5.97 Å². The van der Waals surface area contributed by atoms with Gasteiger partial charge < -0.3 is 5.11 Å². The van der Waals surface area contributed by atoms with Crippen LogP contribution in [-0.2, 0) is 6.42 Å². The topological polar surface area (TPSA) is 67.5 Å². The third kappa shape index (κ3) is 1.54. The maximum atomic E-state index is 11.1. The summed E-state index contributed by atoms with van der Waals surface area (Å²) in [7, 11) is 0. The molecule has 1 aliphatic rings. The first-order valence-corrected chi connectivity index (χ1v) is 5.30. The summed E-state index contributed by atoms with van der Waals surface area (Å²) in [5.74, 6) is -0.236. The maximum Gasteiger partial charge on any atom is 0.354 e. The number of rotatable bonds is 3. The number of carboxylic acids is 1. The van der Waals surface area contributed by atoms with E-state index < -0.39 is 5.97 Å².